The fraction of sp³-hybridized carbons (Fsp3) is 0.444. The zero-order chi connectivity index (χ0) is 28.1. The molecule has 4 heterocycles. The van der Waals surface area contributed by atoms with Crippen molar-refractivity contribution in [3.05, 3.63) is 58.8 Å². The lowest BCUT2D eigenvalue weighted by Gasteiger charge is -2.25. The van der Waals surface area contributed by atoms with E-state index in [0.717, 1.165) is 30.4 Å². The highest BCUT2D eigenvalue weighted by Gasteiger charge is 2.28. The number of hydrogen-bond donors (Lipinski definition) is 4. The number of carbonyl (C=O) groups is 1. The summed E-state index contributed by atoms with van der Waals surface area (Å²) in [5.74, 6) is 0.455. The van der Waals surface area contributed by atoms with Gasteiger partial charge in [0, 0.05) is 36.3 Å². The van der Waals surface area contributed by atoms with Gasteiger partial charge in [0.15, 0.2) is 5.75 Å². The lowest BCUT2D eigenvalue weighted by molar-refractivity contribution is -0.160. The van der Waals surface area contributed by atoms with Crippen LogP contribution in [0.4, 0.5) is 20.5 Å². The molecule has 4 N–H and O–H groups in total. The molecule has 1 saturated carbocycles. The van der Waals surface area contributed by atoms with E-state index in [4.69, 9.17) is 4.74 Å². The van der Waals surface area contributed by atoms with Crippen molar-refractivity contribution in [2.45, 2.75) is 75.8 Å². The van der Waals surface area contributed by atoms with Crippen molar-refractivity contribution in [2.75, 3.05) is 10.6 Å². The Morgan fingerprint density at radius 2 is 1.88 bits per heavy atom. The molecule has 2 aliphatic rings. The first-order valence-electron chi connectivity index (χ1n) is 13.2. The second-order valence-corrected chi connectivity index (χ2v) is 10.0. The number of aliphatic hydroxyl groups is 1. The Labute approximate surface area is 228 Å². The first kappa shape index (κ1) is 27.4. The summed E-state index contributed by atoms with van der Waals surface area (Å²) in [6.45, 7) is -2.93. The normalized spacial score (nSPS) is 22.6. The fourth-order valence-corrected chi connectivity index (χ4v) is 5.17. The van der Waals surface area contributed by atoms with E-state index >= 15 is 0 Å². The van der Waals surface area contributed by atoms with E-state index in [0.29, 0.717) is 36.7 Å². The average Bonchev–Trinajstić information content (AvgIpc) is 3.34. The summed E-state index contributed by atoms with van der Waals surface area (Å²) in [4.78, 5) is 39.6. The van der Waals surface area contributed by atoms with Crippen LogP contribution in [0.1, 0.15) is 44.1 Å². The molecule has 1 saturated heterocycles. The molecule has 0 spiro atoms. The van der Waals surface area contributed by atoms with Gasteiger partial charge < -0.3 is 30.2 Å². The summed E-state index contributed by atoms with van der Waals surface area (Å²) in [6.07, 6.45) is 6.86. The number of rotatable bonds is 10. The number of anilines is 2. The van der Waals surface area contributed by atoms with Crippen LogP contribution in [0.25, 0.3) is 11.3 Å². The van der Waals surface area contributed by atoms with Crippen LogP contribution in [0.15, 0.2) is 47.7 Å². The molecular weight excluding hydrogens is 526 g/mol. The number of ether oxygens (including phenoxy) is 2. The molecule has 11 nitrogen and oxygen atoms in total. The zero-order valence-corrected chi connectivity index (χ0v) is 21.6. The average molecular weight is 557 g/mol. The predicted octanol–water partition coefficient (Wildman–Crippen LogP) is 3.27. The van der Waals surface area contributed by atoms with E-state index in [2.05, 4.69) is 35.3 Å². The number of aromatic amines is 1. The maximum absolute atomic E-state index is 12.5. The predicted molar refractivity (Wildman–Crippen MR) is 141 cm³/mol. The van der Waals surface area contributed by atoms with E-state index in [1.54, 1.807) is 12.3 Å². The Morgan fingerprint density at radius 1 is 1.10 bits per heavy atom. The molecule has 13 heteroatoms. The molecule has 212 valence electrons. The summed E-state index contributed by atoms with van der Waals surface area (Å²) in [5, 5.41) is 16.6. The van der Waals surface area contributed by atoms with Crippen LogP contribution in [0.3, 0.4) is 0 Å². The van der Waals surface area contributed by atoms with Crippen LogP contribution in [0.2, 0.25) is 0 Å². The van der Waals surface area contributed by atoms with Crippen LogP contribution < -0.4 is 20.9 Å². The standard InChI is InChI=1S/C27H30F2N6O5/c28-26(29)40-20-13-31-27(32-14-20)34-17-5-4-16(10-17)33-25-21(2-1-7-30-25)22-8-15(9-23(37)35-22)3-6-19-11-18(36)12-24(38)39-19/h1-2,7-9,13-14,16-19,26,36H,3-6,10-12H2,(H,30,33)(H,35,37)(H,31,32,34)/t16-,17-,18+,19+/m0/s1. The molecule has 5 rings (SSSR count). The highest BCUT2D eigenvalue weighted by Crippen LogP contribution is 2.30. The van der Waals surface area contributed by atoms with E-state index in [9.17, 15) is 23.5 Å². The highest BCUT2D eigenvalue weighted by molar-refractivity contribution is 5.73. The molecule has 1 aliphatic heterocycles. The second-order valence-electron chi connectivity index (χ2n) is 10.0. The fourth-order valence-electron chi connectivity index (χ4n) is 5.17. The summed E-state index contributed by atoms with van der Waals surface area (Å²) >= 11 is 0. The lowest BCUT2D eigenvalue weighted by Crippen LogP contribution is -2.32. The maximum Gasteiger partial charge on any atom is 0.387 e. The molecular formula is C27H30F2N6O5. The van der Waals surface area contributed by atoms with E-state index < -0.39 is 18.7 Å². The van der Waals surface area contributed by atoms with Gasteiger partial charge in [-0.15, -0.1) is 0 Å². The number of alkyl halides is 2. The largest absolute Gasteiger partial charge is 0.462 e. The molecule has 0 bridgehead atoms. The molecule has 0 unspecified atom stereocenters. The first-order valence-corrected chi connectivity index (χ1v) is 13.2. The van der Waals surface area contributed by atoms with Gasteiger partial charge in [0.05, 0.1) is 30.6 Å². The van der Waals surface area contributed by atoms with Crippen LogP contribution in [-0.4, -0.2) is 61.9 Å². The third-order valence-corrected chi connectivity index (χ3v) is 6.95. The molecule has 40 heavy (non-hydrogen) atoms. The minimum Gasteiger partial charge on any atom is -0.462 e. The van der Waals surface area contributed by atoms with Crippen molar-refractivity contribution < 1.29 is 28.2 Å². The summed E-state index contributed by atoms with van der Waals surface area (Å²) < 4.78 is 34.3. The quantitative estimate of drug-likeness (QED) is 0.274. The van der Waals surface area contributed by atoms with Crippen LogP contribution in [-0.2, 0) is 16.0 Å². The number of pyridine rings is 2. The number of aromatic nitrogens is 4. The number of carbonyl (C=O) groups excluding carboxylic acids is 1. The second kappa shape index (κ2) is 12.4. The molecule has 0 aromatic carbocycles. The van der Waals surface area contributed by atoms with Crippen molar-refractivity contribution >= 4 is 17.7 Å². The van der Waals surface area contributed by atoms with Gasteiger partial charge >= 0.3 is 12.6 Å². The number of esters is 1. The van der Waals surface area contributed by atoms with Crippen molar-refractivity contribution in [3.63, 3.8) is 0 Å². The van der Waals surface area contributed by atoms with Gasteiger partial charge in [-0.1, -0.05) is 0 Å². The number of cyclic esters (lactones) is 1. The molecule has 4 atom stereocenters. The number of H-pyrrole nitrogens is 1. The molecule has 1 aliphatic carbocycles. The minimum absolute atomic E-state index is 0.0140. The van der Waals surface area contributed by atoms with Gasteiger partial charge in [0.25, 0.3) is 0 Å². The molecule has 2 fully saturated rings. The van der Waals surface area contributed by atoms with Gasteiger partial charge in [-0.05, 0) is 55.9 Å². The summed E-state index contributed by atoms with van der Waals surface area (Å²) in [6, 6.07) is 7.26. The monoisotopic (exact) mass is 556 g/mol. The van der Waals surface area contributed by atoms with Gasteiger partial charge in [0.2, 0.25) is 11.5 Å². The Bertz CT molecular complexity index is 1370. The van der Waals surface area contributed by atoms with E-state index in [1.165, 1.54) is 18.5 Å². The number of nitrogens with one attached hydrogen (secondary N) is 3. The third-order valence-electron chi connectivity index (χ3n) is 6.95. The molecule has 0 amide bonds. The van der Waals surface area contributed by atoms with Crippen LogP contribution in [0, 0.1) is 0 Å². The van der Waals surface area contributed by atoms with Gasteiger partial charge in [-0.2, -0.15) is 8.78 Å². The van der Waals surface area contributed by atoms with Gasteiger partial charge in [-0.3, -0.25) is 9.59 Å². The van der Waals surface area contributed by atoms with Gasteiger partial charge in [-0.25, -0.2) is 15.0 Å². The highest BCUT2D eigenvalue weighted by atomic mass is 19.3. The van der Waals surface area contributed by atoms with E-state index in [1.807, 2.05) is 12.1 Å². The topological polar surface area (TPSA) is 151 Å². The van der Waals surface area contributed by atoms with Crippen LogP contribution in [0.5, 0.6) is 5.75 Å². The minimum atomic E-state index is -2.93. The Hall–Kier alpha value is -4.13. The number of nitrogens with zero attached hydrogens (tertiary/aromatic N) is 3. The third kappa shape index (κ3) is 7.29. The van der Waals surface area contributed by atoms with Crippen molar-refractivity contribution in [1.82, 2.24) is 19.9 Å². The lowest BCUT2D eigenvalue weighted by atomic mass is 9.99. The van der Waals surface area contributed by atoms with Crippen molar-refractivity contribution in [3.8, 4) is 17.0 Å². The molecule has 3 aromatic heterocycles. The molecule has 0 radical (unpaired) electrons. The first-order chi connectivity index (χ1) is 19.3. The maximum atomic E-state index is 12.5. The van der Waals surface area contributed by atoms with Crippen molar-refractivity contribution in [1.29, 1.82) is 0 Å². The SMILES string of the molecule is O=C1C[C@H](O)C[C@@H](CCc2cc(-c3cccnc3N[C@H]3CC[C@H](Nc4ncc(OC(F)F)cn4)C3)[nH]c(=O)c2)O1. The van der Waals surface area contributed by atoms with E-state index in [-0.39, 0.29) is 35.9 Å². The Kier molecular flexibility index (Phi) is 8.48. The van der Waals surface area contributed by atoms with Crippen LogP contribution >= 0.6 is 0 Å². The number of aryl methyl sites for hydroxylation is 1. The molecule has 3 aromatic rings. The van der Waals surface area contributed by atoms with Crippen molar-refractivity contribution in [2.24, 2.45) is 0 Å². The van der Waals surface area contributed by atoms with Gasteiger partial charge in [0.1, 0.15) is 11.9 Å². The number of aliphatic hydroxyl groups excluding tert-OH is 1. The number of halogens is 2. The smallest absolute Gasteiger partial charge is 0.387 e. The Morgan fingerprint density at radius 3 is 2.62 bits per heavy atom. The zero-order valence-electron chi connectivity index (χ0n) is 21.6. The Balaban J connectivity index is 1.22. The summed E-state index contributed by atoms with van der Waals surface area (Å²) in [7, 11) is 0. The number of hydrogen-bond acceptors (Lipinski definition) is 10. The summed E-state index contributed by atoms with van der Waals surface area (Å²) in [5.41, 5.74) is 1.90.